The number of anilines is 1. The molecule has 120 valence electrons. The van der Waals surface area contributed by atoms with Crippen molar-refractivity contribution in [3.8, 4) is 10.4 Å². The number of thiophene rings is 2. The molecule has 3 rings (SSSR count). The Labute approximate surface area is 152 Å². The molecule has 0 fully saturated rings. The molecular weight excluding hydrogens is 393 g/mol. The van der Waals surface area contributed by atoms with Gasteiger partial charge in [0.2, 0.25) is 0 Å². The fourth-order valence-electron chi connectivity index (χ4n) is 2.10. The lowest BCUT2D eigenvalue weighted by Crippen LogP contribution is -2.14. The Morgan fingerprint density at radius 1 is 1.09 bits per heavy atom. The van der Waals surface area contributed by atoms with Crippen molar-refractivity contribution in [1.82, 2.24) is 0 Å². The largest absolute Gasteiger partial charge is 0.278 e. The molecule has 0 amide bonds. The minimum absolute atomic E-state index is 0.173. The molecule has 0 atom stereocenters. The van der Waals surface area contributed by atoms with Gasteiger partial charge in [-0.25, -0.2) is 8.42 Å². The summed E-state index contributed by atoms with van der Waals surface area (Å²) in [7, 11) is -3.72. The number of benzene rings is 1. The molecule has 0 bridgehead atoms. The lowest BCUT2D eigenvalue weighted by Gasteiger charge is -2.11. The first-order chi connectivity index (χ1) is 10.9. The van der Waals surface area contributed by atoms with Gasteiger partial charge in [-0.2, -0.15) is 0 Å². The summed E-state index contributed by atoms with van der Waals surface area (Å²) < 4.78 is 28.7. The van der Waals surface area contributed by atoms with Crippen LogP contribution in [-0.2, 0) is 10.0 Å². The summed E-state index contributed by atoms with van der Waals surface area (Å²) in [4.78, 5) is 1.09. The molecule has 1 N–H and O–H groups in total. The second-order valence-electron chi connectivity index (χ2n) is 4.77. The van der Waals surface area contributed by atoms with Gasteiger partial charge in [0.05, 0.1) is 14.9 Å². The predicted molar refractivity (Wildman–Crippen MR) is 99.6 cm³/mol. The molecule has 0 aliphatic rings. The van der Waals surface area contributed by atoms with E-state index < -0.39 is 10.0 Å². The standard InChI is InChI=1S/C15H11Cl2NO2S3/c1-9-11(16)3-2-4-14(9)23(19,20)18-12-8-21-7-10(12)13-5-6-15(17)22-13/h2-8,18H,1H3. The van der Waals surface area contributed by atoms with E-state index in [2.05, 4.69) is 4.72 Å². The first-order valence-corrected chi connectivity index (χ1v) is 10.5. The molecule has 23 heavy (non-hydrogen) atoms. The van der Waals surface area contributed by atoms with Crippen molar-refractivity contribution in [1.29, 1.82) is 0 Å². The van der Waals surface area contributed by atoms with Crippen LogP contribution in [0, 0.1) is 6.92 Å². The first kappa shape index (κ1) is 16.8. The quantitative estimate of drug-likeness (QED) is 0.589. The van der Waals surface area contributed by atoms with E-state index in [1.54, 1.807) is 30.5 Å². The maximum absolute atomic E-state index is 12.7. The van der Waals surface area contributed by atoms with Gasteiger partial charge in [-0.3, -0.25) is 4.72 Å². The Morgan fingerprint density at radius 2 is 1.87 bits per heavy atom. The summed E-state index contributed by atoms with van der Waals surface area (Å²) in [5.74, 6) is 0. The molecular formula is C15H11Cl2NO2S3. The fourth-order valence-corrected chi connectivity index (χ4v) is 5.68. The summed E-state index contributed by atoms with van der Waals surface area (Å²) >= 11 is 14.8. The van der Waals surface area contributed by atoms with Gasteiger partial charge in [-0.05, 0) is 36.8 Å². The van der Waals surface area contributed by atoms with E-state index in [-0.39, 0.29) is 4.90 Å². The van der Waals surface area contributed by atoms with Crippen molar-refractivity contribution in [2.45, 2.75) is 11.8 Å². The molecule has 0 saturated heterocycles. The van der Waals surface area contributed by atoms with Crippen molar-refractivity contribution in [3.63, 3.8) is 0 Å². The topological polar surface area (TPSA) is 46.2 Å². The van der Waals surface area contributed by atoms with Gasteiger partial charge in [-0.15, -0.1) is 22.7 Å². The molecule has 3 nitrogen and oxygen atoms in total. The third-order valence-corrected chi connectivity index (χ3v) is 7.18. The second kappa shape index (κ2) is 6.45. The maximum atomic E-state index is 12.7. The number of hydrogen-bond acceptors (Lipinski definition) is 4. The average molecular weight is 404 g/mol. The van der Waals surface area contributed by atoms with Crippen LogP contribution in [0.3, 0.4) is 0 Å². The van der Waals surface area contributed by atoms with Gasteiger partial charge in [0.15, 0.2) is 0 Å². The zero-order valence-electron chi connectivity index (χ0n) is 11.8. The lowest BCUT2D eigenvalue weighted by molar-refractivity contribution is 0.600. The van der Waals surface area contributed by atoms with E-state index in [0.717, 1.165) is 10.4 Å². The number of rotatable bonds is 4. The van der Waals surface area contributed by atoms with Crippen LogP contribution in [0.1, 0.15) is 5.56 Å². The van der Waals surface area contributed by atoms with E-state index in [1.807, 2.05) is 11.4 Å². The van der Waals surface area contributed by atoms with E-state index in [4.69, 9.17) is 23.2 Å². The molecule has 0 unspecified atom stereocenters. The SMILES string of the molecule is Cc1c(Cl)cccc1S(=O)(=O)Nc1cscc1-c1ccc(Cl)s1. The minimum Gasteiger partial charge on any atom is -0.278 e. The van der Waals surface area contributed by atoms with Crippen LogP contribution in [0.4, 0.5) is 5.69 Å². The van der Waals surface area contributed by atoms with Gasteiger partial charge in [0.25, 0.3) is 10.0 Å². The van der Waals surface area contributed by atoms with Crippen LogP contribution in [0.15, 0.2) is 46.0 Å². The predicted octanol–water partition coefficient (Wildman–Crippen LogP) is 5.89. The third kappa shape index (κ3) is 3.41. The normalized spacial score (nSPS) is 11.6. The molecule has 0 aliphatic carbocycles. The molecule has 0 aliphatic heterocycles. The molecule has 0 saturated carbocycles. The van der Waals surface area contributed by atoms with Crippen LogP contribution >= 0.6 is 45.9 Å². The van der Waals surface area contributed by atoms with Crippen molar-refractivity contribution in [3.05, 3.63) is 56.0 Å². The van der Waals surface area contributed by atoms with Crippen LogP contribution < -0.4 is 4.72 Å². The van der Waals surface area contributed by atoms with E-state index >= 15 is 0 Å². The average Bonchev–Trinajstić information content (AvgIpc) is 3.10. The molecule has 2 aromatic heterocycles. The minimum atomic E-state index is -3.72. The van der Waals surface area contributed by atoms with Gasteiger partial charge < -0.3 is 0 Å². The molecule has 2 heterocycles. The molecule has 8 heteroatoms. The Bertz CT molecular complexity index is 961. The van der Waals surface area contributed by atoms with E-state index in [0.29, 0.717) is 20.6 Å². The smallest absolute Gasteiger partial charge is 0.262 e. The van der Waals surface area contributed by atoms with Crippen molar-refractivity contribution in [2.75, 3.05) is 4.72 Å². The van der Waals surface area contributed by atoms with Crippen molar-refractivity contribution >= 4 is 61.6 Å². The van der Waals surface area contributed by atoms with Gasteiger partial charge in [-0.1, -0.05) is 29.3 Å². The Morgan fingerprint density at radius 3 is 2.57 bits per heavy atom. The highest BCUT2D eigenvalue weighted by molar-refractivity contribution is 7.92. The highest BCUT2D eigenvalue weighted by atomic mass is 35.5. The number of hydrogen-bond donors (Lipinski definition) is 1. The first-order valence-electron chi connectivity index (χ1n) is 6.48. The van der Waals surface area contributed by atoms with Gasteiger partial charge in [0, 0.05) is 26.2 Å². The number of sulfonamides is 1. The second-order valence-corrected chi connectivity index (χ2v) is 9.29. The summed E-state index contributed by atoms with van der Waals surface area (Å²) in [6.07, 6.45) is 0. The van der Waals surface area contributed by atoms with E-state index in [9.17, 15) is 8.42 Å². The summed E-state index contributed by atoms with van der Waals surface area (Å²) in [5, 5.41) is 4.08. The maximum Gasteiger partial charge on any atom is 0.262 e. The van der Waals surface area contributed by atoms with Gasteiger partial charge in [0.1, 0.15) is 0 Å². The van der Waals surface area contributed by atoms with Crippen LogP contribution in [0.2, 0.25) is 9.36 Å². The molecule has 3 aromatic rings. The van der Waals surface area contributed by atoms with Crippen LogP contribution in [0.5, 0.6) is 0 Å². The van der Waals surface area contributed by atoms with Gasteiger partial charge >= 0.3 is 0 Å². The zero-order valence-corrected chi connectivity index (χ0v) is 15.8. The number of halogens is 2. The van der Waals surface area contributed by atoms with E-state index in [1.165, 1.54) is 28.7 Å². The Hall–Kier alpha value is -1.05. The van der Waals surface area contributed by atoms with Crippen molar-refractivity contribution in [2.24, 2.45) is 0 Å². The highest BCUT2D eigenvalue weighted by Gasteiger charge is 2.20. The number of nitrogens with one attached hydrogen (secondary N) is 1. The Balaban J connectivity index is 1.99. The van der Waals surface area contributed by atoms with Crippen LogP contribution in [0.25, 0.3) is 10.4 Å². The highest BCUT2D eigenvalue weighted by Crippen LogP contribution is 2.38. The fraction of sp³-hybridized carbons (Fsp3) is 0.0667. The summed E-state index contributed by atoms with van der Waals surface area (Å²) in [6.45, 7) is 1.68. The summed E-state index contributed by atoms with van der Waals surface area (Å²) in [6, 6.07) is 8.49. The Kier molecular flexibility index (Phi) is 4.71. The molecule has 1 aromatic carbocycles. The summed E-state index contributed by atoms with van der Waals surface area (Å²) in [5.41, 5.74) is 1.88. The lowest BCUT2D eigenvalue weighted by atomic mass is 10.2. The zero-order chi connectivity index (χ0) is 16.6. The monoisotopic (exact) mass is 403 g/mol. The third-order valence-electron chi connectivity index (χ3n) is 3.25. The molecule has 0 spiro atoms. The van der Waals surface area contributed by atoms with Crippen molar-refractivity contribution < 1.29 is 8.42 Å². The molecule has 0 radical (unpaired) electrons. The van der Waals surface area contributed by atoms with Crippen LogP contribution in [-0.4, -0.2) is 8.42 Å².